The van der Waals surface area contributed by atoms with Crippen LogP contribution in [0.3, 0.4) is 0 Å². The SMILES string of the molecule is C=C.C=CC.CC1CO1. The van der Waals surface area contributed by atoms with Crippen LogP contribution in [0.25, 0.3) is 0 Å². The summed E-state index contributed by atoms with van der Waals surface area (Å²) in [4.78, 5) is 0. The number of epoxide rings is 1. The first-order chi connectivity index (χ1) is 4.31. The average Bonchev–Trinajstić information content (AvgIpc) is 2.59. The third-order valence-corrected chi connectivity index (χ3v) is 0.500. The van der Waals surface area contributed by atoms with Crippen LogP contribution in [0.15, 0.2) is 25.8 Å². The summed E-state index contributed by atoms with van der Waals surface area (Å²) in [5, 5.41) is 0. The van der Waals surface area contributed by atoms with E-state index in [9.17, 15) is 0 Å². The normalized spacial score (nSPS) is 19.6. The van der Waals surface area contributed by atoms with E-state index in [1.54, 1.807) is 6.08 Å². The molecule has 0 aromatic rings. The van der Waals surface area contributed by atoms with Gasteiger partial charge in [-0.2, -0.15) is 0 Å². The molecule has 1 heterocycles. The predicted octanol–water partition coefficient (Wildman–Crippen LogP) is 2.40. The van der Waals surface area contributed by atoms with Gasteiger partial charge >= 0.3 is 0 Å². The van der Waals surface area contributed by atoms with Gasteiger partial charge in [-0.05, 0) is 13.8 Å². The van der Waals surface area contributed by atoms with E-state index in [-0.39, 0.29) is 0 Å². The highest BCUT2D eigenvalue weighted by atomic mass is 16.6. The molecule has 0 aromatic carbocycles. The maximum absolute atomic E-state index is 4.71. The molecule has 1 heteroatoms. The monoisotopic (exact) mass is 128 g/mol. The smallest absolute Gasteiger partial charge is 0.0781 e. The van der Waals surface area contributed by atoms with Crippen molar-refractivity contribution in [2.24, 2.45) is 0 Å². The standard InChI is InChI=1S/C3H6O.C3H6.C2H4/c1-3-2-4-3;1-3-2;1-2/h3H,2H2,1H3;3H,1H2,2H3;1-2H2. The van der Waals surface area contributed by atoms with Crippen LogP contribution in [-0.4, -0.2) is 12.7 Å². The minimum absolute atomic E-state index is 0.583. The Balaban J connectivity index is 0. The Labute approximate surface area is 58.0 Å². The van der Waals surface area contributed by atoms with E-state index in [4.69, 9.17) is 4.74 Å². The van der Waals surface area contributed by atoms with Gasteiger partial charge in [0.05, 0.1) is 12.7 Å². The summed E-state index contributed by atoms with van der Waals surface area (Å²) in [5.74, 6) is 0. The maximum atomic E-state index is 4.71. The molecule has 1 fully saturated rings. The highest BCUT2D eigenvalue weighted by Crippen LogP contribution is 2.04. The minimum atomic E-state index is 0.583. The topological polar surface area (TPSA) is 12.5 Å². The van der Waals surface area contributed by atoms with Crippen LogP contribution in [0.1, 0.15) is 13.8 Å². The van der Waals surface area contributed by atoms with Crippen LogP contribution in [0, 0.1) is 0 Å². The van der Waals surface area contributed by atoms with Gasteiger partial charge in [0, 0.05) is 0 Å². The van der Waals surface area contributed by atoms with Crippen LogP contribution in [0.5, 0.6) is 0 Å². The second-order valence-electron chi connectivity index (χ2n) is 1.55. The van der Waals surface area contributed by atoms with Crippen LogP contribution >= 0.6 is 0 Å². The highest BCUT2D eigenvalue weighted by molar-refractivity contribution is 4.58. The van der Waals surface area contributed by atoms with Crippen molar-refractivity contribution in [3.63, 3.8) is 0 Å². The molecule has 1 unspecified atom stereocenters. The van der Waals surface area contributed by atoms with Crippen molar-refractivity contribution in [1.29, 1.82) is 0 Å². The van der Waals surface area contributed by atoms with Crippen LogP contribution in [0.4, 0.5) is 0 Å². The minimum Gasteiger partial charge on any atom is -0.373 e. The third-order valence-electron chi connectivity index (χ3n) is 0.500. The lowest BCUT2D eigenvalue weighted by Crippen LogP contribution is -1.60. The molecule has 0 saturated carbocycles. The Hall–Kier alpha value is -0.560. The van der Waals surface area contributed by atoms with Gasteiger partial charge in [-0.25, -0.2) is 0 Å². The molecule has 1 aliphatic rings. The Morgan fingerprint density at radius 2 is 1.67 bits per heavy atom. The van der Waals surface area contributed by atoms with Crippen molar-refractivity contribution in [2.45, 2.75) is 20.0 Å². The highest BCUT2D eigenvalue weighted by Gasteiger charge is 2.13. The second kappa shape index (κ2) is 10.4. The van der Waals surface area contributed by atoms with Gasteiger partial charge in [-0.3, -0.25) is 0 Å². The molecule has 0 spiro atoms. The Kier molecular flexibility index (Phi) is 13.1. The van der Waals surface area contributed by atoms with E-state index in [1.807, 2.05) is 6.92 Å². The first-order valence-corrected chi connectivity index (χ1v) is 3.00. The fraction of sp³-hybridized carbons (Fsp3) is 0.500. The summed E-state index contributed by atoms with van der Waals surface area (Å²) < 4.78 is 4.71. The summed E-state index contributed by atoms with van der Waals surface area (Å²) in [6.07, 6.45) is 2.33. The maximum Gasteiger partial charge on any atom is 0.0781 e. The van der Waals surface area contributed by atoms with E-state index in [1.165, 1.54) is 0 Å². The predicted molar refractivity (Wildman–Crippen MR) is 42.5 cm³/mol. The van der Waals surface area contributed by atoms with Gasteiger partial charge in [0.1, 0.15) is 0 Å². The van der Waals surface area contributed by atoms with Crippen molar-refractivity contribution >= 4 is 0 Å². The number of hydrogen-bond acceptors (Lipinski definition) is 1. The molecule has 1 nitrogen and oxygen atoms in total. The Morgan fingerprint density at radius 1 is 1.56 bits per heavy atom. The summed E-state index contributed by atoms with van der Waals surface area (Å²) in [6, 6.07) is 0. The fourth-order valence-corrected chi connectivity index (χ4v) is 0.0962. The van der Waals surface area contributed by atoms with Crippen molar-refractivity contribution < 1.29 is 4.74 Å². The number of hydrogen-bond donors (Lipinski definition) is 0. The van der Waals surface area contributed by atoms with Gasteiger partial charge in [0.25, 0.3) is 0 Å². The van der Waals surface area contributed by atoms with Crippen molar-refractivity contribution in [3.05, 3.63) is 25.8 Å². The molecule has 0 amide bonds. The van der Waals surface area contributed by atoms with Crippen LogP contribution < -0.4 is 0 Å². The van der Waals surface area contributed by atoms with Crippen molar-refractivity contribution in [2.75, 3.05) is 6.61 Å². The number of allylic oxidation sites excluding steroid dienone is 1. The molecule has 0 N–H and O–H groups in total. The van der Waals surface area contributed by atoms with Gasteiger partial charge < -0.3 is 4.74 Å². The van der Waals surface area contributed by atoms with E-state index in [0.717, 1.165) is 6.61 Å². The molecule has 1 aliphatic heterocycles. The van der Waals surface area contributed by atoms with E-state index < -0.39 is 0 Å². The molecule has 0 radical (unpaired) electrons. The summed E-state index contributed by atoms with van der Waals surface area (Å²) in [5.41, 5.74) is 0. The molecule has 1 atom stereocenters. The van der Waals surface area contributed by atoms with Crippen LogP contribution in [-0.2, 0) is 4.74 Å². The van der Waals surface area contributed by atoms with E-state index in [0.29, 0.717) is 6.10 Å². The molecule has 0 aromatic heterocycles. The Bertz CT molecular complexity index is 55.6. The first kappa shape index (κ1) is 11.3. The van der Waals surface area contributed by atoms with Gasteiger partial charge in [-0.1, -0.05) is 6.08 Å². The molecule has 1 saturated heterocycles. The second-order valence-corrected chi connectivity index (χ2v) is 1.55. The molecule has 0 aliphatic carbocycles. The zero-order valence-corrected chi connectivity index (χ0v) is 6.39. The first-order valence-electron chi connectivity index (χ1n) is 3.00. The average molecular weight is 128 g/mol. The van der Waals surface area contributed by atoms with E-state index >= 15 is 0 Å². The lowest BCUT2D eigenvalue weighted by molar-refractivity contribution is 0.423. The number of ether oxygens (including phenoxy) is 1. The lowest BCUT2D eigenvalue weighted by atomic mass is 10.6. The summed E-state index contributed by atoms with van der Waals surface area (Å²) in [6.45, 7) is 14.3. The van der Waals surface area contributed by atoms with Gasteiger partial charge in [-0.15, -0.1) is 19.7 Å². The molecular weight excluding hydrogens is 112 g/mol. The lowest BCUT2D eigenvalue weighted by Gasteiger charge is -1.50. The van der Waals surface area contributed by atoms with Crippen LogP contribution in [0.2, 0.25) is 0 Å². The molecule has 1 rings (SSSR count). The molecule has 54 valence electrons. The molecule has 0 bridgehead atoms. The zero-order chi connectivity index (χ0) is 7.70. The summed E-state index contributed by atoms with van der Waals surface area (Å²) in [7, 11) is 0. The quantitative estimate of drug-likeness (QED) is 0.360. The largest absolute Gasteiger partial charge is 0.373 e. The third kappa shape index (κ3) is 37.0. The van der Waals surface area contributed by atoms with E-state index in [2.05, 4.69) is 26.7 Å². The zero-order valence-electron chi connectivity index (χ0n) is 6.39. The molecule has 9 heavy (non-hydrogen) atoms. The van der Waals surface area contributed by atoms with Gasteiger partial charge in [0.2, 0.25) is 0 Å². The Morgan fingerprint density at radius 3 is 1.67 bits per heavy atom. The van der Waals surface area contributed by atoms with Gasteiger partial charge in [0.15, 0.2) is 0 Å². The summed E-state index contributed by atoms with van der Waals surface area (Å²) >= 11 is 0. The molecular formula is C8H16O. The van der Waals surface area contributed by atoms with Crippen molar-refractivity contribution in [1.82, 2.24) is 0 Å². The van der Waals surface area contributed by atoms with Crippen molar-refractivity contribution in [3.8, 4) is 0 Å². The number of rotatable bonds is 0. The fourth-order valence-electron chi connectivity index (χ4n) is 0.0962.